The van der Waals surface area contributed by atoms with Crippen LogP contribution in [0.3, 0.4) is 0 Å². The summed E-state index contributed by atoms with van der Waals surface area (Å²) in [7, 11) is 0. The third-order valence-corrected chi connectivity index (χ3v) is 5.38. The quantitative estimate of drug-likeness (QED) is 0.787. The first kappa shape index (κ1) is 19.2. The van der Waals surface area contributed by atoms with Crippen molar-refractivity contribution < 1.29 is 13.9 Å². The molecule has 2 saturated heterocycles. The van der Waals surface area contributed by atoms with Crippen molar-refractivity contribution in [3.63, 3.8) is 0 Å². The van der Waals surface area contributed by atoms with Gasteiger partial charge in [0.15, 0.2) is 0 Å². The zero-order valence-electron chi connectivity index (χ0n) is 16.2. The van der Waals surface area contributed by atoms with Gasteiger partial charge in [-0.3, -0.25) is 4.90 Å². The maximum absolute atomic E-state index is 13.2. The molecule has 4 nitrogen and oxygen atoms in total. The fourth-order valence-corrected chi connectivity index (χ4v) is 4.06. The molecule has 1 amide bonds. The van der Waals surface area contributed by atoms with Crippen LogP contribution in [0.15, 0.2) is 24.3 Å². The monoisotopic (exact) mass is 362 g/mol. The van der Waals surface area contributed by atoms with E-state index in [0.717, 1.165) is 45.4 Å². The molecule has 144 valence electrons. The van der Waals surface area contributed by atoms with Gasteiger partial charge in [0.1, 0.15) is 11.4 Å². The first-order valence-electron chi connectivity index (χ1n) is 9.79. The van der Waals surface area contributed by atoms with E-state index in [-0.39, 0.29) is 11.9 Å². The number of nitrogens with zero attached hydrogens (tertiary/aromatic N) is 2. The third kappa shape index (κ3) is 4.97. The van der Waals surface area contributed by atoms with Crippen molar-refractivity contribution in [1.29, 1.82) is 0 Å². The average Bonchev–Trinajstić information content (AvgIpc) is 3.03. The maximum Gasteiger partial charge on any atom is 0.410 e. The number of ether oxygens (including phenoxy) is 1. The largest absolute Gasteiger partial charge is 0.444 e. The summed E-state index contributed by atoms with van der Waals surface area (Å²) in [5.41, 5.74) is 0.779. The van der Waals surface area contributed by atoms with E-state index < -0.39 is 5.60 Å². The van der Waals surface area contributed by atoms with Crippen LogP contribution in [0.2, 0.25) is 0 Å². The number of hydrogen-bond donors (Lipinski definition) is 0. The molecule has 0 aromatic heterocycles. The second-order valence-corrected chi connectivity index (χ2v) is 8.62. The van der Waals surface area contributed by atoms with E-state index in [1.807, 2.05) is 37.8 Å². The van der Waals surface area contributed by atoms with Gasteiger partial charge in [-0.15, -0.1) is 0 Å². The molecule has 0 spiro atoms. The molecular weight excluding hydrogens is 331 g/mol. The molecule has 3 rings (SSSR count). The van der Waals surface area contributed by atoms with Gasteiger partial charge in [0.2, 0.25) is 0 Å². The van der Waals surface area contributed by atoms with E-state index in [4.69, 9.17) is 4.74 Å². The summed E-state index contributed by atoms with van der Waals surface area (Å²) in [5, 5.41) is 0. The minimum Gasteiger partial charge on any atom is -0.444 e. The minimum absolute atomic E-state index is 0.173. The summed E-state index contributed by atoms with van der Waals surface area (Å²) in [5.74, 6) is 0.433. The van der Waals surface area contributed by atoms with Gasteiger partial charge in [-0.1, -0.05) is 12.1 Å². The molecule has 2 aliphatic rings. The minimum atomic E-state index is -0.439. The molecule has 0 bridgehead atoms. The first-order chi connectivity index (χ1) is 12.3. The Kier molecular flexibility index (Phi) is 5.86. The van der Waals surface area contributed by atoms with Crippen LogP contribution in [0.5, 0.6) is 0 Å². The molecule has 0 unspecified atom stereocenters. The SMILES string of the molecule is CC(C)(C)OC(=O)N1CCC(CN2CCC[C@@H]2c2ccc(F)cc2)CC1. The summed E-state index contributed by atoms with van der Waals surface area (Å²) in [6.45, 7) is 9.42. The Morgan fingerprint density at radius 1 is 1.12 bits per heavy atom. The van der Waals surface area contributed by atoms with Gasteiger partial charge in [0.25, 0.3) is 0 Å². The third-order valence-electron chi connectivity index (χ3n) is 5.38. The van der Waals surface area contributed by atoms with Gasteiger partial charge in [-0.25, -0.2) is 9.18 Å². The van der Waals surface area contributed by atoms with Crippen LogP contribution in [-0.2, 0) is 4.74 Å². The molecule has 1 aromatic carbocycles. The Balaban J connectivity index is 1.51. The fraction of sp³-hybridized carbons (Fsp3) is 0.667. The van der Waals surface area contributed by atoms with Crippen molar-refractivity contribution >= 4 is 6.09 Å². The maximum atomic E-state index is 13.2. The topological polar surface area (TPSA) is 32.8 Å². The fourth-order valence-electron chi connectivity index (χ4n) is 4.06. The van der Waals surface area contributed by atoms with Crippen molar-refractivity contribution in [3.8, 4) is 0 Å². The number of halogens is 1. The highest BCUT2D eigenvalue weighted by atomic mass is 19.1. The van der Waals surface area contributed by atoms with E-state index in [1.54, 1.807) is 12.1 Å². The van der Waals surface area contributed by atoms with Crippen molar-refractivity contribution in [2.45, 2.75) is 58.1 Å². The number of piperidine rings is 1. The van der Waals surface area contributed by atoms with Crippen molar-refractivity contribution in [1.82, 2.24) is 9.80 Å². The number of hydrogen-bond acceptors (Lipinski definition) is 3. The average molecular weight is 362 g/mol. The molecule has 0 N–H and O–H groups in total. The number of carbonyl (C=O) groups excluding carboxylic acids is 1. The lowest BCUT2D eigenvalue weighted by Gasteiger charge is -2.36. The Morgan fingerprint density at radius 3 is 2.38 bits per heavy atom. The zero-order chi connectivity index (χ0) is 18.7. The number of amides is 1. The molecule has 2 heterocycles. The van der Waals surface area contributed by atoms with Crippen LogP contribution in [0.1, 0.15) is 58.1 Å². The highest BCUT2D eigenvalue weighted by Crippen LogP contribution is 2.34. The van der Waals surface area contributed by atoms with Gasteiger partial charge < -0.3 is 9.64 Å². The molecule has 0 radical (unpaired) electrons. The zero-order valence-corrected chi connectivity index (χ0v) is 16.2. The van der Waals surface area contributed by atoms with Gasteiger partial charge >= 0.3 is 6.09 Å². The molecule has 0 aliphatic carbocycles. The summed E-state index contributed by atoms with van der Waals surface area (Å²) in [4.78, 5) is 16.6. The molecule has 26 heavy (non-hydrogen) atoms. The Bertz CT molecular complexity index is 603. The molecule has 0 saturated carbocycles. The number of carbonyl (C=O) groups is 1. The molecular formula is C21H31FN2O2. The highest BCUT2D eigenvalue weighted by Gasteiger charge is 2.31. The lowest BCUT2D eigenvalue weighted by atomic mass is 9.95. The predicted octanol–water partition coefficient (Wildman–Crippen LogP) is 4.61. The predicted molar refractivity (Wildman–Crippen MR) is 100 cm³/mol. The normalized spacial score (nSPS) is 22.6. The molecule has 2 aliphatic heterocycles. The summed E-state index contributed by atoms with van der Waals surface area (Å²) in [6, 6.07) is 7.36. The van der Waals surface area contributed by atoms with Crippen LogP contribution in [-0.4, -0.2) is 47.7 Å². The van der Waals surface area contributed by atoms with Crippen molar-refractivity contribution in [2.24, 2.45) is 5.92 Å². The van der Waals surface area contributed by atoms with E-state index >= 15 is 0 Å². The van der Waals surface area contributed by atoms with E-state index in [1.165, 1.54) is 12.0 Å². The first-order valence-corrected chi connectivity index (χ1v) is 9.79. The van der Waals surface area contributed by atoms with Crippen LogP contribution in [0, 0.1) is 11.7 Å². The van der Waals surface area contributed by atoms with Crippen molar-refractivity contribution in [2.75, 3.05) is 26.2 Å². The Morgan fingerprint density at radius 2 is 1.77 bits per heavy atom. The van der Waals surface area contributed by atoms with Crippen LogP contribution >= 0.6 is 0 Å². The van der Waals surface area contributed by atoms with Crippen molar-refractivity contribution in [3.05, 3.63) is 35.6 Å². The molecule has 1 aromatic rings. The molecule has 1 atom stereocenters. The van der Waals surface area contributed by atoms with Crippen LogP contribution < -0.4 is 0 Å². The molecule has 2 fully saturated rings. The second kappa shape index (κ2) is 7.95. The van der Waals surface area contributed by atoms with Gasteiger partial charge in [-0.2, -0.15) is 0 Å². The Labute approximate surface area is 156 Å². The smallest absolute Gasteiger partial charge is 0.410 e. The molecule has 5 heteroatoms. The van der Waals surface area contributed by atoms with Gasteiger partial charge in [0.05, 0.1) is 0 Å². The standard InChI is InChI=1S/C21H31FN2O2/c1-21(2,3)26-20(25)23-13-10-16(11-14-23)15-24-12-4-5-19(24)17-6-8-18(22)9-7-17/h6-9,16,19H,4-5,10-15H2,1-3H3/t19-/m1/s1. The van der Waals surface area contributed by atoms with Crippen LogP contribution in [0.25, 0.3) is 0 Å². The summed E-state index contributed by atoms with van der Waals surface area (Å²) < 4.78 is 18.7. The van der Waals surface area contributed by atoms with Gasteiger partial charge in [0, 0.05) is 25.7 Å². The lowest BCUT2D eigenvalue weighted by molar-refractivity contribution is 0.0167. The van der Waals surface area contributed by atoms with E-state index in [9.17, 15) is 9.18 Å². The van der Waals surface area contributed by atoms with Gasteiger partial charge in [-0.05, 0) is 76.6 Å². The van der Waals surface area contributed by atoms with E-state index in [2.05, 4.69) is 4.90 Å². The summed E-state index contributed by atoms with van der Waals surface area (Å²) in [6.07, 6.45) is 4.18. The van der Waals surface area contributed by atoms with E-state index in [0.29, 0.717) is 12.0 Å². The Hall–Kier alpha value is -1.62. The lowest BCUT2D eigenvalue weighted by Crippen LogP contribution is -2.43. The number of benzene rings is 1. The van der Waals surface area contributed by atoms with Crippen LogP contribution in [0.4, 0.5) is 9.18 Å². The second-order valence-electron chi connectivity index (χ2n) is 8.62. The number of likely N-dealkylation sites (tertiary alicyclic amines) is 2. The number of rotatable bonds is 3. The summed E-state index contributed by atoms with van der Waals surface area (Å²) >= 11 is 0. The highest BCUT2D eigenvalue weighted by molar-refractivity contribution is 5.68.